The van der Waals surface area contributed by atoms with E-state index in [4.69, 9.17) is 6.85 Å². The number of nitrogens with zero attached hydrogens (tertiary/aromatic N) is 2. The van der Waals surface area contributed by atoms with Gasteiger partial charge in [0, 0.05) is 5.56 Å². The maximum atomic E-state index is 8.18. The van der Waals surface area contributed by atoms with Crippen LogP contribution in [0.3, 0.4) is 0 Å². The molecule has 0 N–H and O–H groups in total. The quantitative estimate of drug-likeness (QED) is 0.675. The Kier molecular flexibility index (Phi) is 1.87. The van der Waals surface area contributed by atoms with Crippen LogP contribution < -0.4 is 0 Å². The number of benzene rings is 2. The highest BCUT2D eigenvalue weighted by atomic mass is 14.8. The molecule has 1 aromatic heterocycles. The van der Waals surface area contributed by atoms with Gasteiger partial charge in [0.2, 0.25) is 0 Å². The molecule has 0 aliphatic rings. The third-order valence-corrected chi connectivity index (χ3v) is 2.88. The molecule has 3 rings (SSSR count). The number of hydrogen-bond acceptors (Lipinski definition) is 2. The third-order valence-electron chi connectivity index (χ3n) is 2.88. The molecule has 0 aliphatic carbocycles. The first-order valence-corrected chi connectivity index (χ1v) is 6.17. The van der Waals surface area contributed by atoms with Crippen molar-refractivity contribution < 1.29 is 6.85 Å². The van der Waals surface area contributed by atoms with E-state index >= 15 is 0 Å². The molecule has 0 atom stereocenters. The largest absolute Gasteiger partial charge is 0.249 e. The van der Waals surface area contributed by atoms with Crippen LogP contribution in [0.15, 0.2) is 54.5 Å². The molecule has 19 heavy (non-hydrogen) atoms. The maximum Gasteiger partial charge on any atom is 0.0927 e. The Morgan fingerprint density at radius 1 is 0.947 bits per heavy atom. The van der Waals surface area contributed by atoms with Crippen LogP contribution in [0.4, 0.5) is 0 Å². The highest BCUT2D eigenvalue weighted by Gasteiger charge is 2.13. The summed E-state index contributed by atoms with van der Waals surface area (Å²) >= 11 is 0. The monoisotopic (exact) mass is 253 g/mol. The molecular weight excluding hydrogens is 232 g/mol. The van der Waals surface area contributed by atoms with Crippen molar-refractivity contribution in [3.8, 4) is 11.3 Å². The van der Waals surface area contributed by atoms with E-state index in [0.717, 1.165) is 5.52 Å². The van der Waals surface area contributed by atoms with Crippen LogP contribution in [0, 0.1) is 0 Å². The van der Waals surface area contributed by atoms with Crippen LogP contribution in [-0.4, -0.2) is 9.97 Å². The lowest BCUT2D eigenvalue weighted by atomic mass is 10.0. The predicted octanol–water partition coefficient (Wildman–Crippen LogP) is 4.42. The highest BCUT2D eigenvalue weighted by molar-refractivity contribution is 5.78. The van der Waals surface area contributed by atoms with E-state index in [9.17, 15) is 0 Å². The Balaban J connectivity index is 2.44. The van der Waals surface area contributed by atoms with Crippen LogP contribution in [0.2, 0.25) is 0 Å². The van der Waals surface area contributed by atoms with Gasteiger partial charge in [-0.1, -0.05) is 56.2 Å². The first-order valence-electron chi connectivity index (χ1n) is 8.67. The lowest BCUT2D eigenvalue weighted by Gasteiger charge is -2.12. The number of fused-ring (bicyclic) bond motifs is 1. The molecule has 0 saturated heterocycles. The smallest absolute Gasteiger partial charge is 0.0927 e. The minimum Gasteiger partial charge on any atom is -0.249 e. The SMILES string of the molecule is [2H]c1c([2H])c([2H])c(-c2nc3ccccc3nc2C(C)C)c([2H])c1[2H]. The van der Waals surface area contributed by atoms with Crippen molar-refractivity contribution in [3.63, 3.8) is 0 Å². The minimum absolute atomic E-state index is 0.00467. The van der Waals surface area contributed by atoms with Gasteiger partial charge in [-0.15, -0.1) is 0 Å². The van der Waals surface area contributed by atoms with Gasteiger partial charge in [0.25, 0.3) is 0 Å². The summed E-state index contributed by atoms with van der Waals surface area (Å²) in [5.41, 5.74) is 2.41. The summed E-state index contributed by atoms with van der Waals surface area (Å²) in [7, 11) is 0. The van der Waals surface area contributed by atoms with Crippen molar-refractivity contribution in [2.45, 2.75) is 19.8 Å². The van der Waals surface area contributed by atoms with E-state index in [1.165, 1.54) is 0 Å². The Labute approximate surface area is 120 Å². The van der Waals surface area contributed by atoms with Crippen molar-refractivity contribution in [1.82, 2.24) is 9.97 Å². The standard InChI is InChI=1S/C17H16N2/c1-12(2)16-17(13-8-4-3-5-9-13)19-15-11-7-6-10-14(15)18-16/h3-12H,1-2H3/i3D,4D,5D,8D,9D. The molecule has 2 heteroatoms. The summed E-state index contributed by atoms with van der Waals surface area (Å²) in [6.45, 7) is 3.88. The summed E-state index contributed by atoms with van der Waals surface area (Å²) in [5, 5.41) is 0. The van der Waals surface area contributed by atoms with Gasteiger partial charge in [0.05, 0.1) is 29.3 Å². The van der Waals surface area contributed by atoms with Crippen molar-refractivity contribution >= 4 is 11.0 Å². The molecule has 0 aliphatic heterocycles. The van der Waals surface area contributed by atoms with Gasteiger partial charge in [-0.05, 0) is 18.1 Å². The summed E-state index contributed by atoms with van der Waals surface area (Å²) in [4.78, 5) is 9.19. The second kappa shape index (κ2) is 4.81. The Morgan fingerprint density at radius 3 is 2.21 bits per heavy atom. The molecule has 0 fully saturated rings. The van der Waals surface area contributed by atoms with Gasteiger partial charge in [0.1, 0.15) is 0 Å². The lowest BCUT2D eigenvalue weighted by Crippen LogP contribution is -2.00. The van der Waals surface area contributed by atoms with Crippen molar-refractivity contribution in [2.75, 3.05) is 0 Å². The van der Waals surface area contributed by atoms with Crippen LogP contribution >= 0.6 is 0 Å². The van der Waals surface area contributed by atoms with Gasteiger partial charge in [-0.2, -0.15) is 0 Å². The van der Waals surface area contributed by atoms with Gasteiger partial charge in [0.15, 0.2) is 0 Å². The number of rotatable bonds is 2. The normalized spacial score (nSPS) is 14.8. The Bertz CT molecular complexity index is 924. The second-order valence-corrected chi connectivity index (χ2v) is 4.60. The van der Waals surface area contributed by atoms with E-state index in [1.807, 2.05) is 32.0 Å². The van der Waals surface area contributed by atoms with Gasteiger partial charge >= 0.3 is 0 Å². The lowest BCUT2D eigenvalue weighted by molar-refractivity contribution is 0.825. The highest BCUT2D eigenvalue weighted by Crippen LogP contribution is 2.27. The van der Waals surface area contributed by atoms with E-state index < -0.39 is 6.04 Å². The second-order valence-electron chi connectivity index (χ2n) is 4.60. The molecule has 0 amide bonds. The Hall–Kier alpha value is -2.22. The zero-order chi connectivity index (χ0) is 17.6. The average Bonchev–Trinajstić information content (AvgIpc) is 2.57. The zero-order valence-electron chi connectivity index (χ0n) is 15.8. The number of hydrogen-bond donors (Lipinski definition) is 0. The Morgan fingerprint density at radius 2 is 1.58 bits per heavy atom. The molecule has 2 aromatic carbocycles. The third kappa shape index (κ3) is 2.22. The molecular formula is C17H16N2. The van der Waals surface area contributed by atoms with Gasteiger partial charge in [-0.25, -0.2) is 9.97 Å². The van der Waals surface area contributed by atoms with Crippen LogP contribution in [0.25, 0.3) is 22.3 Å². The number of aromatic nitrogens is 2. The van der Waals surface area contributed by atoms with Gasteiger partial charge in [-0.3, -0.25) is 0 Å². The fraction of sp³-hybridized carbons (Fsp3) is 0.176. The van der Waals surface area contributed by atoms with Crippen LogP contribution in [0.5, 0.6) is 0 Å². The molecule has 94 valence electrons. The predicted molar refractivity (Wildman–Crippen MR) is 79.1 cm³/mol. The van der Waals surface area contributed by atoms with E-state index in [2.05, 4.69) is 9.97 Å². The molecule has 2 nitrogen and oxygen atoms in total. The van der Waals surface area contributed by atoms with Crippen LogP contribution in [0.1, 0.15) is 32.3 Å². The topological polar surface area (TPSA) is 25.8 Å². The van der Waals surface area contributed by atoms with Crippen molar-refractivity contribution in [3.05, 3.63) is 60.2 Å². The van der Waals surface area contributed by atoms with Crippen molar-refractivity contribution in [2.24, 2.45) is 0 Å². The molecule has 0 bridgehead atoms. The molecule has 0 radical (unpaired) electrons. The minimum atomic E-state index is -0.409. The molecule has 0 spiro atoms. The maximum absolute atomic E-state index is 8.18. The fourth-order valence-electron chi connectivity index (χ4n) is 1.97. The van der Waals surface area contributed by atoms with Crippen LogP contribution in [-0.2, 0) is 0 Å². The number of para-hydroxylation sites is 2. The fourth-order valence-corrected chi connectivity index (χ4v) is 1.97. The van der Waals surface area contributed by atoms with Gasteiger partial charge < -0.3 is 0 Å². The van der Waals surface area contributed by atoms with E-state index in [1.54, 1.807) is 6.07 Å². The summed E-state index contributed by atoms with van der Waals surface area (Å²) in [6, 6.07) is 5.69. The summed E-state index contributed by atoms with van der Waals surface area (Å²) < 4.78 is 39.8. The average molecular weight is 253 g/mol. The zero-order valence-corrected chi connectivity index (χ0v) is 10.8. The first kappa shape index (κ1) is 7.39. The van der Waals surface area contributed by atoms with E-state index in [-0.39, 0.29) is 35.7 Å². The molecule has 0 unspecified atom stereocenters. The summed E-state index contributed by atoms with van der Waals surface area (Å²) in [6.07, 6.45) is 0. The molecule has 1 heterocycles. The summed E-state index contributed by atoms with van der Waals surface area (Å²) in [5.74, 6) is -0.00467. The van der Waals surface area contributed by atoms with Crippen molar-refractivity contribution in [1.29, 1.82) is 0 Å². The molecule has 0 saturated carbocycles. The first-order chi connectivity index (χ1) is 11.3. The molecule has 3 aromatic rings. The van der Waals surface area contributed by atoms with E-state index in [0.29, 0.717) is 16.9 Å².